The van der Waals surface area contributed by atoms with E-state index in [0.29, 0.717) is 34.4 Å². The summed E-state index contributed by atoms with van der Waals surface area (Å²) in [6.45, 7) is 2.50. The lowest BCUT2D eigenvalue weighted by molar-refractivity contribution is 0.0956. The molecular formula is C20H18FN5O. The van der Waals surface area contributed by atoms with Crippen molar-refractivity contribution in [3.8, 4) is 5.69 Å². The molecule has 0 saturated carbocycles. The highest BCUT2D eigenvalue weighted by Crippen LogP contribution is 2.30. The number of hydrogen-bond donors (Lipinski definition) is 2. The predicted octanol–water partition coefficient (Wildman–Crippen LogP) is 3.43. The number of fused-ring (bicyclic) bond motifs is 2. The molecule has 0 aliphatic rings. The van der Waals surface area contributed by atoms with Crippen molar-refractivity contribution in [1.82, 2.24) is 19.9 Å². The third-order valence-electron chi connectivity index (χ3n) is 4.35. The van der Waals surface area contributed by atoms with Gasteiger partial charge in [0.1, 0.15) is 22.7 Å². The van der Waals surface area contributed by atoms with Crippen LogP contribution in [0.1, 0.15) is 23.7 Å². The van der Waals surface area contributed by atoms with E-state index in [9.17, 15) is 9.18 Å². The van der Waals surface area contributed by atoms with Crippen LogP contribution in [0, 0.1) is 5.82 Å². The van der Waals surface area contributed by atoms with Crippen LogP contribution in [-0.4, -0.2) is 27.0 Å². The smallest absolute Gasteiger partial charge is 0.257 e. The molecular weight excluding hydrogens is 345 g/mol. The number of para-hydroxylation sites is 2. The van der Waals surface area contributed by atoms with Gasteiger partial charge in [-0.2, -0.15) is 0 Å². The summed E-state index contributed by atoms with van der Waals surface area (Å²) < 4.78 is 15.0. The van der Waals surface area contributed by atoms with Crippen molar-refractivity contribution in [1.29, 1.82) is 0 Å². The zero-order chi connectivity index (χ0) is 19.0. The lowest BCUT2D eigenvalue weighted by Crippen LogP contribution is -2.25. The van der Waals surface area contributed by atoms with Gasteiger partial charge < -0.3 is 11.1 Å². The third kappa shape index (κ3) is 2.87. The van der Waals surface area contributed by atoms with E-state index >= 15 is 0 Å². The van der Waals surface area contributed by atoms with Crippen molar-refractivity contribution >= 4 is 33.9 Å². The molecule has 136 valence electrons. The number of halogens is 1. The van der Waals surface area contributed by atoms with Crippen LogP contribution in [0.2, 0.25) is 0 Å². The van der Waals surface area contributed by atoms with Gasteiger partial charge >= 0.3 is 0 Å². The lowest BCUT2D eigenvalue weighted by atomic mass is 10.2. The van der Waals surface area contributed by atoms with E-state index in [-0.39, 0.29) is 23.1 Å². The Morgan fingerprint density at radius 3 is 2.44 bits per heavy atom. The first-order valence-electron chi connectivity index (χ1n) is 8.71. The van der Waals surface area contributed by atoms with Crippen LogP contribution in [0.25, 0.3) is 27.9 Å². The normalized spacial score (nSPS) is 11.2. The summed E-state index contributed by atoms with van der Waals surface area (Å²) in [4.78, 5) is 22.0. The van der Waals surface area contributed by atoms with E-state index in [0.717, 1.165) is 6.42 Å². The molecule has 0 radical (unpaired) electrons. The van der Waals surface area contributed by atoms with E-state index in [1.807, 2.05) is 31.2 Å². The van der Waals surface area contributed by atoms with Crippen LogP contribution in [0.15, 0.2) is 48.5 Å². The van der Waals surface area contributed by atoms with E-state index in [1.54, 1.807) is 16.7 Å². The maximum atomic E-state index is 13.4. The average molecular weight is 363 g/mol. The van der Waals surface area contributed by atoms with Gasteiger partial charge in [-0.3, -0.25) is 9.36 Å². The second-order valence-corrected chi connectivity index (χ2v) is 6.21. The highest BCUT2D eigenvalue weighted by molar-refractivity contribution is 6.11. The molecule has 1 amide bonds. The van der Waals surface area contributed by atoms with Crippen molar-refractivity contribution in [3.05, 3.63) is 59.9 Å². The average Bonchev–Trinajstić information content (AvgIpc) is 2.96. The van der Waals surface area contributed by atoms with Gasteiger partial charge in [-0.25, -0.2) is 14.4 Å². The number of amides is 1. The molecule has 27 heavy (non-hydrogen) atoms. The number of aromatic nitrogens is 3. The first kappa shape index (κ1) is 17.0. The molecule has 6 nitrogen and oxygen atoms in total. The second-order valence-electron chi connectivity index (χ2n) is 6.21. The standard InChI is InChI=1S/C20H18FN5O/c1-2-11-23-20(27)16-17-19(25-15-6-4-3-5-14(15)24-17)26(18(16)22)13-9-7-12(21)8-10-13/h3-10H,2,11,22H2,1H3,(H,23,27). The minimum atomic E-state index is -0.355. The fourth-order valence-corrected chi connectivity index (χ4v) is 3.06. The Hall–Kier alpha value is -3.48. The highest BCUT2D eigenvalue weighted by Gasteiger charge is 2.24. The van der Waals surface area contributed by atoms with Gasteiger partial charge in [-0.05, 0) is 42.8 Å². The van der Waals surface area contributed by atoms with Crippen molar-refractivity contribution in [3.63, 3.8) is 0 Å². The number of carbonyl (C=O) groups is 1. The Morgan fingerprint density at radius 1 is 1.11 bits per heavy atom. The number of nitrogens with zero attached hydrogens (tertiary/aromatic N) is 3. The maximum absolute atomic E-state index is 13.4. The molecule has 0 aliphatic heterocycles. The summed E-state index contributed by atoms with van der Waals surface area (Å²) in [5.41, 5.74) is 9.47. The van der Waals surface area contributed by atoms with Crippen LogP contribution in [0.3, 0.4) is 0 Å². The summed E-state index contributed by atoms with van der Waals surface area (Å²) in [6, 6.07) is 13.3. The van der Waals surface area contributed by atoms with Gasteiger partial charge in [0.25, 0.3) is 5.91 Å². The molecule has 0 unspecified atom stereocenters. The van der Waals surface area contributed by atoms with Gasteiger partial charge in [0.2, 0.25) is 0 Å². The van der Waals surface area contributed by atoms with Gasteiger partial charge in [0.15, 0.2) is 5.65 Å². The molecule has 4 rings (SSSR count). The molecule has 7 heteroatoms. The summed E-state index contributed by atoms with van der Waals surface area (Å²) >= 11 is 0. The van der Waals surface area contributed by atoms with E-state index in [2.05, 4.69) is 15.3 Å². The van der Waals surface area contributed by atoms with Gasteiger partial charge in [0, 0.05) is 12.2 Å². The van der Waals surface area contributed by atoms with Crippen LogP contribution in [0.4, 0.5) is 10.2 Å². The summed E-state index contributed by atoms with van der Waals surface area (Å²) in [5, 5.41) is 2.84. The zero-order valence-corrected chi connectivity index (χ0v) is 14.7. The molecule has 4 aromatic rings. The van der Waals surface area contributed by atoms with Gasteiger partial charge in [-0.15, -0.1) is 0 Å². The Bertz CT molecular complexity index is 1150. The molecule has 0 bridgehead atoms. The van der Waals surface area contributed by atoms with Crippen LogP contribution in [0.5, 0.6) is 0 Å². The fraction of sp³-hybridized carbons (Fsp3) is 0.150. The largest absolute Gasteiger partial charge is 0.384 e. The third-order valence-corrected chi connectivity index (χ3v) is 4.35. The number of hydrogen-bond acceptors (Lipinski definition) is 4. The molecule has 0 atom stereocenters. The summed E-state index contributed by atoms with van der Waals surface area (Å²) in [6.07, 6.45) is 0.802. The minimum Gasteiger partial charge on any atom is -0.384 e. The minimum absolute atomic E-state index is 0.223. The van der Waals surface area contributed by atoms with E-state index in [1.165, 1.54) is 12.1 Å². The molecule has 0 aliphatic carbocycles. The van der Waals surface area contributed by atoms with Crippen LogP contribution in [-0.2, 0) is 0 Å². The Balaban J connectivity index is 2.03. The monoisotopic (exact) mass is 363 g/mol. The van der Waals surface area contributed by atoms with Gasteiger partial charge in [-0.1, -0.05) is 19.1 Å². The number of rotatable bonds is 4. The predicted molar refractivity (Wildman–Crippen MR) is 103 cm³/mol. The quantitative estimate of drug-likeness (QED) is 0.582. The van der Waals surface area contributed by atoms with Crippen molar-refractivity contribution in [2.45, 2.75) is 13.3 Å². The number of anilines is 1. The van der Waals surface area contributed by atoms with E-state index < -0.39 is 0 Å². The van der Waals surface area contributed by atoms with Crippen LogP contribution < -0.4 is 11.1 Å². The number of nitrogen functional groups attached to an aromatic ring is 1. The summed E-state index contributed by atoms with van der Waals surface area (Å²) in [5.74, 6) is -0.434. The van der Waals surface area contributed by atoms with E-state index in [4.69, 9.17) is 5.73 Å². The molecule has 0 fully saturated rings. The molecule has 2 aromatic carbocycles. The Labute approximate surface area is 154 Å². The van der Waals surface area contributed by atoms with Gasteiger partial charge in [0.05, 0.1) is 11.0 Å². The van der Waals surface area contributed by atoms with Crippen molar-refractivity contribution in [2.75, 3.05) is 12.3 Å². The number of benzene rings is 2. The van der Waals surface area contributed by atoms with Crippen molar-refractivity contribution in [2.24, 2.45) is 0 Å². The lowest BCUT2D eigenvalue weighted by Gasteiger charge is -2.08. The SMILES string of the molecule is CCCNC(=O)c1c(N)n(-c2ccc(F)cc2)c2nc3ccccc3nc12. The number of carbonyl (C=O) groups excluding carboxylic acids is 1. The maximum Gasteiger partial charge on any atom is 0.257 e. The Kier molecular flexibility index (Phi) is 4.19. The Morgan fingerprint density at radius 2 is 1.78 bits per heavy atom. The molecule has 2 aromatic heterocycles. The first-order valence-corrected chi connectivity index (χ1v) is 8.71. The molecule has 3 N–H and O–H groups in total. The summed E-state index contributed by atoms with van der Waals surface area (Å²) in [7, 11) is 0. The number of nitrogens with one attached hydrogen (secondary N) is 1. The first-order chi connectivity index (χ1) is 13.1. The number of nitrogens with two attached hydrogens (primary N) is 1. The topological polar surface area (TPSA) is 85.8 Å². The highest BCUT2D eigenvalue weighted by atomic mass is 19.1. The zero-order valence-electron chi connectivity index (χ0n) is 14.7. The molecule has 0 saturated heterocycles. The van der Waals surface area contributed by atoms with Crippen LogP contribution >= 0.6 is 0 Å². The fourth-order valence-electron chi connectivity index (χ4n) is 3.06. The molecule has 0 spiro atoms. The molecule has 2 heterocycles. The van der Waals surface area contributed by atoms with Crippen molar-refractivity contribution < 1.29 is 9.18 Å². The second kappa shape index (κ2) is 6.68.